The summed E-state index contributed by atoms with van der Waals surface area (Å²) in [5, 5.41) is 303. The summed E-state index contributed by atoms with van der Waals surface area (Å²) in [5.41, 5.74) is 0. The van der Waals surface area contributed by atoms with Gasteiger partial charge in [0, 0.05) is 48.5 Å². The minimum atomic E-state index is -2.85. The highest BCUT2D eigenvalue weighted by molar-refractivity contribution is 5.75. The normalized spacial score (nSPS) is 46.7. The Labute approximate surface area is 748 Å². The van der Waals surface area contributed by atoms with Gasteiger partial charge in [-0.05, 0) is 0 Å². The summed E-state index contributed by atoms with van der Waals surface area (Å²) in [6, 6.07) is -13.4. The molecule has 58 heteroatoms. The van der Waals surface area contributed by atoms with Gasteiger partial charge in [-0.15, -0.1) is 0 Å². The van der Waals surface area contributed by atoms with Gasteiger partial charge in [0.1, 0.15) is 244 Å². The summed E-state index contributed by atoms with van der Waals surface area (Å²) >= 11 is 0. The molecule has 10 aliphatic heterocycles. The van der Waals surface area contributed by atoms with Crippen molar-refractivity contribution >= 4 is 41.4 Å². The summed E-state index contributed by atoms with van der Waals surface area (Å²) in [4.78, 5) is 90.5. The third-order valence-electron chi connectivity index (χ3n) is 23.7. The monoisotopic (exact) mass is 1930 g/mol. The molecule has 0 spiro atoms. The minimum Gasteiger partial charge on any atom is -0.394 e. The fourth-order valence-corrected chi connectivity index (χ4v) is 17.0. The van der Waals surface area contributed by atoms with Crippen LogP contribution in [0.25, 0.3) is 0 Å². The Morgan fingerprint density at radius 3 is 0.780 bits per heavy atom. The molecular formula is C74H123N7O51. The SMILES string of the molecule is CC(=O)N[C@@H]1[C@@H](O)[C@H](O[C@@H]2O[C@H](CO)[C@@H](O[C@@H]3O[C@H](CO[C@H]4O[C@H](CO[C@@H]5O[C@H](CO)[C@@H](O)[C@H](O)[C@H]5NC(C)=O)[C@@H](O)[C@H](O)[C@@H]4O[C@@H]4O[C@H](CO)[C@@H](O)[C@H](O)[C@H]4NC(C)=O)[C@@H](O[C@@H]4O[C@H](CO)[C@@H](O)[C@H](O)[C@H]4NC(C)=O)[C@H](O[C@H]4O[C@H](CO)[C@@H](O[C@@H]5O[C@H](CO)[C@@H](O)[C@H](O)[C@H]5NC(C)=O)[C@H](O)[C@@H]4O[C@H]4O[C@H](CO)[C@@H](O)[C@H](O)[C@H]4NC(C)=O)[C@@H]3O)[C@@H](O)[C@H]2NC(C)=O)[C@@H](CO)O[C@H]1O. The van der Waals surface area contributed by atoms with E-state index in [0.717, 1.165) is 48.5 Å². The zero-order valence-electron chi connectivity index (χ0n) is 71.7. The van der Waals surface area contributed by atoms with Crippen molar-refractivity contribution in [2.75, 3.05) is 66.1 Å². The van der Waals surface area contributed by atoms with Gasteiger partial charge >= 0.3 is 0 Å². The molecular weight excluding hydrogens is 1800 g/mol. The van der Waals surface area contributed by atoms with E-state index < -0.39 is 414 Å². The summed E-state index contributed by atoms with van der Waals surface area (Å²) < 4.78 is 118. The van der Waals surface area contributed by atoms with E-state index in [9.17, 15) is 161 Å². The smallest absolute Gasteiger partial charge is 0.217 e. The van der Waals surface area contributed by atoms with Crippen molar-refractivity contribution < 1.29 is 251 Å². The molecule has 10 fully saturated rings. The van der Waals surface area contributed by atoms with Gasteiger partial charge in [0.05, 0.1) is 66.1 Å². The maximum absolute atomic E-state index is 13.6. The zero-order valence-corrected chi connectivity index (χ0v) is 71.7. The van der Waals surface area contributed by atoms with E-state index >= 15 is 0 Å². The number of ether oxygens (including phenoxy) is 19. The van der Waals surface area contributed by atoms with Crippen molar-refractivity contribution in [3.05, 3.63) is 0 Å². The lowest BCUT2D eigenvalue weighted by molar-refractivity contribution is -0.412. The van der Waals surface area contributed by atoms with Gasteiger partial charge in [-0.25, -0.2) is 0 Å². The van der Waals surface area contributed by atoms with Crippen LogP contribution in [-0.4, -0.2) is 542 Å². The molecule has 50 atom stereocenters. The van der Waals surface area contributed by atoms with E-state index in [-0.39, 0.29) is 0 Å². The Bertz CT molecular complexity index is 3700. The van der Waals surface area contributed by atoms with E-state index in [1.54, 1.807) is 0 Å². The first kappa shape index (κ1) is 109. The molecule has 132 heavy (non-hydrogen) atoms. The van der Waals surface area contributed by atoms with Gasteiger partial charge in [0.25, 0.3) is 0 Å². The van der Waals surface area contributed by atoms with Crippen LogP contribution in [-0.2, 0) is 124 Å². The number of aliphatic hydroxyl groups is 25. The number of amides is 7. The molecule has 0 aromatic rings. The molecule has 0 radical (unpaired) electrons. The number of nitrogens with one attached hydrogen (secondary N) is 7. The van der Waals surface area contributed by atoms with Gasteiger partial charge in [0.2, 0.25) is 41.4 Å². The third-order valence-corrected chi connectivity index (χ3v) is 23.7. The van der Waals surface area contributed by atoms with Crippen molar-refractivity contribution in [2.24, 2.45) is 0 Å². The minimum absolute atomic E-state index is 0.838. The molecule has 10 rings (SSSR count). The number of hydrogen-bond acceptors (Lipinski definition) is 51. The molecule has 0 aromatic heterocycles. The summed E-state index contributed by atoms with van der Waals surface area (Å²) in [7, 11) is 0. The summed E-state index contributed by atoms with van der Waals surface area (Å²) in [6.45, 7) is -5.33. The van der Waals surface area contributed by atoms with Crippen LogP contribution < -0.4 is 37.2 Å². The lowest BCUT2D eigenvalue weighted by Crippen LogP contribution is -2.72. The van der Waals surface area contributed by atoms with E-state index in [1.165, 1.54) is 0 Å². The molecule has 58 nitrogen and oxygen atoms in total. The summed E-state index contributed by atoms with van der Waals surface area (Å²) in [5.74, 6) is -6.63. The van der Waals surface area contributed by atoms with Gasteiger partial charge in [-0.1, -0.05) is 0 Å². The molecule has 32 N–H and O–H groups in total. The van der Waals surface area contributed by atoms with Gasteiger partial charge in [-0.3, -0.25) is 33.6 Å². The van der Waals surface area contributed by atoms with E-state index in [4.69, 9.17) is 90.0 Å². The van der Waals surface area contributed by atoms with Crippen LogP contribution in [0.15, 0.2) is 0 Å². The Morgan fingerprint density at radius 2 is 0.424 bits per heavy atom. The molecule has 760 valence electrons. The van der Waals surface area contributed by atoms with Crippen LogP contribution in [0.2, 0.25) is 0 Å². The van der Waals surface area contributed by atoms with Gasteiger partial charge < -0.3 is 255 Å². The van der Waals surface area contributed by atoms with Crippen LogP contribution in [0.3, 0.4) is 0 Å². The quantitative estimate of drug-likeness (QED) is 0.0280. The second-order valence-electron chi connectivity index (χ2n) is 33.2. The zero-order chi connectivity index (χ0) is 97.4. The van der Waals surface area contributed by atoms with E-state index in [1.807, 2.05) is 0 Å². The molecule has 0 aromatic carbocycles. The molecule has 10 aliphatic rings. The van der Waals surface area contributed by atoms with E-state index in [2.05, 4.69) is 37.2 Å². The molecule has 0 aliphatic carbocycles. The topological polar surface area (TPSA) is 885 Å². The average molecular weight is 1930 g/mol. The molecule has 7 amide bonds. The highest BCUT2D eigenvalue weighted by Crippen LogP contribution is 2.42. The molecule has 0 saturated carbocycles. The molecule has 0 bridgehead atoms. The largest absolute Gasteiger partial charge is 0.394 e. The predicted octanol–water partition coefficient (Wildman–Crippen LogP) is -21.8. The number of rotatable bonds is 35. The molecule has 10 saturated heterocycles. The number of hydrogen-bond donors (Lipinski definition) is 32. The van der Waals surface area contributed by atoms with Crippen molar-refractivity contribution in [2.45, 2.75) is 355 Å². The lowest BCUT2D eigenvalue weighted by Gasteiger charge is -2.53. The Balaban J connectivity index is 1.16. The van der Waals surface area contributed by atoms with Crippen LogP contribution in [0.1, 0.15) is 48.5 Å². The fraction of sp³-hybridized carbons (Fsp3) is 0.905. The first-order valence-electron chi connectivity index (χ1n) is 42.1. The third kappa shape index (κ3) is 24.9. The average Bonchev–Trinajstić information content (AvgIpc) is 0.754. The standard InChI is InChI=1S/C74H123N7O51/c1-18(90)75-35-53(108)58(30(13-87)116-65(35)113)126-71-41(81-24(7)96)54(109)59(31(14-88)122-71)128-72-57(112)62(130-74-64(132-70-40(80-23(6)95)52(107)46(101)29(12-86)121-70)56(111)60(32(15-89)123-74)127-67-37(77-20(3)92)49(104)43(98)26(9-83)118-67)61(129-68-38(78-21(4)93)50(105)44(99)27(10-84)119-68)34(125-72)17-115-73-63(131-69-39(79-22(5)94)51(106)45(100)28(11-85)120-69)55(110)47(102)33(124-73)16-114-66-36(76-19(2)91)48(103)42(97)25(8-82)117-66/h25-74,82-89,97-113H,8-17H2,1-7H3,(H,75,90)(H,76,91)(H,77,92)(H,78,93)(H,79,94)(H,80,95)(H,81,96)/t25-,26-,27-,28-,29-,30-,31-,32-,33-,34-,35-,36-,37-,38-,39-,40-,41-,42-,43-,44-,45-,46-,47-,48-,49-,50-,51-,52-,53-,54+,55+,56+,57+,58-,59-,60-,61-,62-,63+,64+,65-,66-,67+,68+,69+,70-,71+,72+,73+,74-/m1/s1. The van der Waals surface area contributed by atoms with Crippen LogP contribution >= 0.6 is 0 Å². The lowest BCUT2D eigenvalue weighted by atomic mass is 9.93. The van der Waals surface area contributed by atoms with Crippen molar-refractivity contribution in [1.29, 1.82) is 0 Å². The highest BCUT2D eigenvalue weighted by atomic mass is 16.8. The first-order chi connectivity index (χ1) is 62.4. The van der Waals surface area contributed by atoms with Crippen LogP contribution in [0.4, 0.5) is 0 Å². The van der Waals surface area contributed by atoms with E-state index in [0.29, 0.717) is 0 Å². The Hall–Kier alpha value is -5.47. The number of carbonyl (C=O) groups excluding carboxylic acids is 7. The Morgan fingerprint density at radius 1 is 0.197 bits per heavy atom. The van der Waals surface area contributed by atoms with Crippen LogP contribution in [0.5, 0.6) is 0 Å². The second kappa shape index (κ2) is 47.9. The van der Waals surface area contributed by atoms with Crippen molar-refractivity contribution in [3.63, 3.8) is 0 Å². The highest BCUT2D eigenvalue weighted by Gasteiger charge is 2.63. The second-order valence-corrected chi connectivity index (χ2v) is 33.2. The van der Waals surface area contributed by atoms with Crippen LogP contribution in [0, 0.1) is 0 Å². The number of carbonyl (C=O) groups is 7. The number of aliphatic hydroxyl groups excluding tert-OH is 25. The Kier molecular flexibility index (Phi) is 39.4. The predicted molar refractivity (Wildman–Crippen MR) is 411 cm³/mol. The maximum Gasteiger partial charge on any atom is 0.217 e. The molecule has 10 heterocycles. The molecule has 0 unspecified atom stereocenters. The van der Waals surface area contributed by atoms with Gasteiger partial charge in [-0.2, -0.15) is 0 Å². The maximum atomic E-state index is 13.6. The first-order valence-corrected chi connectivity index (χ1v) is 42.1. The van der Waals surface area contributed by atoms with Gasteiger partial charge in [0.15, 0.2) is 62.9 Å². The van der Waals surface area contributed by atoms with Crippen molar-refractivity contribution in [1.82, 2.24) is 37.2 Å². The fourth-order valence-electron chi connectivity index (χ4n) is 17.0. The van der Waals surface area contributed by atoms with Crippen molar-refractivity contribution in [3.8, 4) is 0 Å². The summed E-state index contributed by atoms with van der Waals surface area (Å²) in [6.07, 6.45) is -95.3.